The molecule has 1 aliphatic rings. The van der Waals surface area contributed by atoms with E-state index in [-0.39, 0.29) is 30.4 Å². The molecule has 2 aromatic rings. The number of hydrogen-bond donors (Lipinski definition) is 4. The summed E-state index contributed by atoms with van der Waals surface area (Å²) in [5.41, 5.74) is 2.17. The van der Waals surface area contributed by atoms with Crippen LogP contribution >= 0.6 is 0 Å². The predicted octanol–water partition coefficient (Wildman–Crippen LogP) is 2.01. The van der Waals surface area contributed by atoms with Crippen LogP contribution < -0.4 is 21.3 Å². The fourth-order valence-corrected chi connectivity index (χ4v) is 3.15. The molecule has 1 fully saturated rings. The minimum absolute atomic E-state index is 0.0190. The van der Waals surface area contributed by atoms with Gasteiger partial charge in [-0.1, -0.05) is 12.1 Å². The molecule has 158 valence electrons. The Labute approximate surface area is 175 Å². The Morgan fingerprint density at radius 2 is 1.70 bits per heavy atom. The van der Waals surface area contributed by atoms with Gasteiger partial charge in [0.2, 0.25) is 5.91 Å². The average Bonchev–Trinajstić information content (AvgIpc) is 3.29. The summed E-state index contributed by atoms with van der Waals surface area (Å²) in [6.07, 6.45) is 2.07. The average molecular weight is 410 g/mol. The third kappa shape index (κ3) is 6.05. The van der Waals surface area contributed by atoms with Crippen molar-refractivity contribution in [2.75, 3.05) is 37.4 Å². The lowest BCUT2D eigenvalue weighted by Crippen LogP contribution is -2.31. The maximum Gasteiger partial charge on any atom is 0.251 e. The van der Waals surface area contributed by atoms with Crippen LogP contribution in [0.25, 0.3) is 0 Å². The van der Waals surface area contributed by atoms with Crippen molar-refractivity contribution in [2.45, 2.75) is 18.9 Å². The van der Waals surface area contributed by atoms with Crippen LogP contribution in [-0.4, -0.2) is 50.6 Å². The van der Waals surface area contributed by atoms with E-state index in [0.717, 1.165) is 19.4 Å². The molecule has 0 spiro atoms. The van der Waals surface area contributed by atoms with Gasteiger partial charge in [0.15, 0.2) is 0 Å². The lowest BCUT2D eigenvalue weighted by molar-refractivity contribution is -0.114. The molecule has 3 rings (SSSR count). The number of anilines is 2. The number of nitrogens with one attached hydrogen (secondary N) is 4. The Morgan fingerprint density at radius 1 is 1.00 bits per heavy atom. The molecular weight excluding hydrogens is 384 g/mol. The lowest BCUT2D eigenvalue weighted by atomic mass is 10.1. The Bertz CT molecular complexity index is 910. The van der Waals surface area contributed by atoms with Crippen LogP contribution in [0.3, 0.4) is 0 Å². The van der Waals surface area contributed by atoms with Crippen molar-refractivity contribution < 1.29 is 19.1 Å². The number of ether oxygens (including phenoxy) is 1. The monoisotopic (exact) mass is 410 g/mol. The lowest BCUT2D eigenvalue weighted by Gasteiger charge is -2.12. The molecule has 1 atom stereocenters. The van der Waals surface area contributed by atoms with Crippen molar-refractivity contribution in [1.82, 2.24) is 10.6 Å². The van der Waals surface area contributed by atoms with Crippen LogP contribution in [0.1, 0.15) is 33.6 Å². The van der Waals surface area contributed by atoms with Gasteiger partial charge in [0, 0.05) is 42.7 Å². The Hall–Kier alpha value is -3.39. The largest absolute Gasteiger partial charge is 0.376 e. The molecule has 4 N–H and O–H groups in total. The maximum atomic E-state index is 12.3. The first kappa shape index (κ1) is 21.3. The van der Waals surface area contributed by atoms with Gasteiger partial charge in [-0.15, -0.1) is 0 Å². The van der Waals surface area contributed by atoms with Gasteiger partial charge in [-0.25, -0.2) is 0 Å². The quantitative estimate of drug-likeness (QED) is 0.532. The van der Waals surface area contributed by atoms with Gasteiger partial charge in [-0.05, 0) is 49.2 Å². The number of rotatable bonds is 8. The van der Waals surface area contributed by atoms with E-state index in [9.17, 15) is 14.4 Å². The van der Waals surface area contributed by atoms with E-state index in [1.54, 1.807) is 55.6 Å². The molecule has 0 aromatic heterocycles. The van der Waals surface area contributed by atoms with Crippen LogP contribution in [-0.2, 0) is 9.53 Å². The van der Waals surface area contributed by atoms with Crippen LogP contribution in [0, 0.1) is 0 Å². The van der Waals surface area contributed by atoms with E-state index in [4.69, 9.17) is 4.74 Å². The SMILES string of the molecule is CNC(=O)c1cccc(NC(=O)CNc2cccc(C(=O)NCC3CCCO3)c2)c1. The summed E-state index contributed by atoms with van der Waals surface area (Å²) in [6, 6.07) is 13.7. The molecule has 1 saturated heterocycles. The molecule has 8 heteroatoms. The Kier molecular flexibility index (Phi) is 7.40. The van der Waals surface area contributed by atoms with Crippen LogP contribution in [0.5, 0.6) is 0 Å². The topological polar surface area (TPSA) is 109 Å². The number of hydrogen-bond acceptors (Lipinski definition) is 5. The Balaban J connectivity index is 1.50. The zero-order valence-corrected chi connectivity index (χ0v) is 16.9. The third-order valence-corrected chi connectivity index (χ3v) is 4.73. The van der Waals surface area contributed by atoms with Gasteiger partial charge in [-0.3, -0.25) is 14.4 Å². The molecule has 0 bridgehead atoms. The van der Waals surface area contributed by atoms with E-state index < -0.39 is 0 Å². The van der Waals surface area contributed by atoms with Crippen LogP contribution in [0.15, 0.2) is 48.5 Å². The van der Waals surface area contributed by atoms with Gasteiger partial charge >= 0.3 is 0 Å². The molecule has 30 heavy (non-hydrogen) atoms. The van der Waals surface area contributed by atoms with E-state index in [1.165, 1.54) is 0 Å². The van der Waals surface area contributed by atoms with Crippen molar-refractivity contribution in [3.63, 3.8) is 0 Å². The second kappa shape index (κ2) is 10.4. The first-order valence-electron chi connectivity index (χ1n) is 9.91. The molecule has 1 heterocycles. The van der Waals surface area contributed by atoms with Crippen molar-refractivity contribution >= 4 is 29.1 Å². The number of benzene rings is 2. The number of amides is 3. The molecule has 2 aromatic carbocycles. The van der Waals surface area contributed by atoms with E-state index in [0.29, 0.717) is 29.0 Å². The van der Waals surface area contributed by atoms with E-state index in [2.05, 4.69) is 21.3 Å². The molecular formula is C22H26N4O4. The van der Waals surface area contributed by atoms with Gasteiger partial charge in [-0.2, -0.15) is 0 Å². The van der Waals surface area contributed by atoms with Gasteiger partial charge in [0.1, 0.15) is 0 Å². The molecule has 8 nitrogen and oxygen atoms in total. The third-order valence-electron chi connectivity index (χ3n) is 4.73. The number of carbonyl (C=O) groups excluding carboxylic acids is 3. The fraction of sp³-hybridized carbons (Fsp3) is 0.318. The smallest absolute Gasteiger partial charge is 0.251 e. The number of carbonyl (C=O) groups is 3. The normalized spacial score (nSPS) is 15.3. The fourth-order valence-electron chi connectivity index (χ4n) is 3.15. The predicted molar refractivity (Wildman–Crippen MR) is 115 cm³/mol. The van der Waals surface area contributed by atoms with Crippen molar-refractivity contribution in [1.29, 1.82) is 0 Å². The zero-order valence-electron chi connectivity index (χ0n) is 16.9. The summed E-state index contributed by atoms with van der Waals surface area (Å²) in [6.45, 7) is 1.26. The molecule has 1 unspecified atom stereocenters. The highest BCUT2D eigenvalue weighted by atomic mass is 16.5. The van der Waals surface area contributed by atoms with Crippen LogP contribution in [0.4, 0.5) is 11.4 Å². The van der Waals surface area contributed by atoms with E-state index in [1.807, 2.05) is 0 Å². The Morgan fingerprint density at radius 3 is 2.40 bits per heavy atom. The summed E-state index contributed by atoms with van der Waals surface area (Å²) >= 11 is 0. The second-order valence-corrected chi connectivity index (χ2v) is 6.99. The standard InChI is InChI=1S/C22H26N4O4/c1-23-21(28)15-5-3-8-18(12-15)26-20(27)14-24-17-7-2-6-16(11-17)22(29)25-13-19-9-4-10-30-19/h2-3,5-8,11-12,19,24H,4,9-10,13-14H2,1H3,(H,23,28)(H,25,29)(H,26,27). The molecule has 1 aliphatic heterocycles. The highest BCUT2D eigenvalue weighted by Crippen LogP contribution is 2.14. The minimum Gasteiger partial charge on any atom is -0.376 e. The summed E-state index contributed by atoms with van der Waals surface area (Å²) < 4.78 is 5.51. The van der Waals surface area contributed by atoms with Gasteiger partial charge in [0.25, 0.3) is 11.8 Å². The van der Waals surface area contributed by atoms with Crippen molar-refractivity contribution in [3.8, 4) is 0 Å². The zero-order chi connectivity index (χ0) is 21.3. The highest BCUT2D eigenvalue weighted by molar-refractivity contribution is 5.98. The molecule has 0 saturated carbocycles. The molecule has 0 aliphatic carbocycles. The molecule has 0 radical (unpaired) electrons. The van der Waals surface area contributed by atoms with Gasteiger partial charge in [0.05, 0.1) is 12.6 Å². The first-order chi connectivity index (χ1) is 14.5. The van der Waals surface area contributed by atoms with Crippen molar-refractivity contribution in [3.05, 3.63) is 59.7 Å². The molecule has 3 amide bonds. The highest BCUT2D eigenvalue weighted by Gasteiger charge is 2.16. The van der Waals surface area contributed by atoms with Gasteiger partial charge < -0.3 is 26.0 Å². The summed E-state index contributed by atoms with van der Waals surface area (Å²) in [5, 5.41) is 11.2. The second-order valence-electron chi connectivity index (χ2n) is 6.99. The summed E-state index contributed by atoms with van der Waals surface area (Å²) in [5.74, 6) is -0.666. The summed E-state index contributed by atoms with van der Waals surface area (Å²) in [4.78, 5) is 36.3. The van der Waals surface area contributed by atoms with E-state index >= 15 is 0 Å². The van der Waals surface area contributed by atoms with Crippen LogP contribution in [0.2, 0.25) is 0 Å². The first-order valence-corrected chi connectivity index (χ1v) is 9.91. The minimum atomic E-state index is -0.266. The summed E-state index contributed by atoms with van der Waals surface area (Å²) in [7, 11) is 1.55. The maximum absolute atomic E-state index is 12.3. The van der Waals surface area contributed by atoms with Crippen molar-refractivity contribution in [2.24, 2.45) is 0 Å².